The molecule has 10 atom stereocenters. The van der Waals surface area contributed by atoms with Crippen LogP contribution in [0.25, 0.3) is 0 Å². The van der Waals surface area contributed by atoms with Crippen molar-refractivity contribution in [2.24, 2.45) is 5.92 Å². The average molecular weight is 404 g/mol. The van der Waals surface area contributed by atoms with Gasteiger partial charge in [0.1, 0.15) is 55.1 Å². The second-order valence-electron chi connectivity index (χ2n) is 6.14. The molecule has 0 aromatic rings. The van der Waals surface area contributed by atoms with Crippen molar-refractivity contribution in [3.63, 3.8) is 0 Å². The van der Waals surface area contributed by atoms with Crippen molar-refractivity contribution in [3.8, 4) is 0 Å². The van der Waals surface area contributed by atoms with Crippen molar-refractivity contribution < 1.29 is 66.1 Å². The van der Waals surface area contributed by atoms with Crippen molar-refractivity contribution in [2.45, 2.75) is 61.0 Å². The van der Waals surface area contributed by atoms with Crippen LogP contribution in [0, 0.1) is 5.92 Å². The van der Waals surface area contributed by atoms with Crippen molar-refractivity contribution in [3.05, 3.63) is 0 Å². The van der Waals surface area contributed by atoms with E-state index in [0.717, 1.165) is 0 Å². The van der Waals surface area contributed by atoms with Crippen LogP contribution in [0.1, 0.15) is 0 Å². The molecule has 162 valence electrons. The van der Waals surface area contributed by atoms with E-state index in [4.69, 9.17) is 10.2 Å². The quantitative estimate of drug-likeness (QED) is 0.127. The lowest BCUT2D eigenvalue weighted by atomic mass is 9.84. The van der Waals surface area contributed by atoms with Crippen LogP contribution in [0.3, 0.4) is 0 Å². The van der Waals surface area contributed by atoms with Crippen molar-refractivity contribution in [1.82, 2.24) is 0 Å². The average Bonchev–Trinajstić information content (AvgIpc) is 2.68. The van der Waals surface area contributed by atoms with Gasteiger partial charge in [-0.05, 0) is 0 Å². The molecule has 0 spiro atoms. The molecule has 0 saturated heterocycles. The van der Waals surface area contributed by atoms with Crippen LogP contribution in [0.2, 0.25) is 0 Å². The molecule has 0 radical (unpaired) electrons. The van der Waals surface area contributed by atoms with E-state index in [0.29, 0.717) is 0 Å². The molecule has 13 nitrogen and oxygen atoms in total. The number of hydrogen-bond acceptors (Lipinski definition) is 13. The number of aliphatic hydroxyl groups excluding tert-OH is 12. The van der Waals surface area contributed by atoms with E-state index in [-0.39, 0.29) is 6.29 Å². The predicted octanol–water partition coefficient (Wildman–Crippen LogP) is -7.60. The van der Waals surface area contributed by atoms with Gasteiger partial charge in [-0.3, -0.25) is 0 Å². The molecule has 27 heavy (non-hydrogen) atoms. The first-order chi connectivity index (χ1) is 12.5. The van der Waals surface area contributed by atoms with Crippen LogP contribution < -0.4 is 0 Å². The van der Waals surface area contributed by atoms with Crippen LogP contribution >= 0.6 is 0 Å². The van der Waals surface area contributed by atoms with Gasteiger partial charge in [-0.2, -0.15) is 0 Å². The van der Waals surface area contributed by atoms with Crippen molar-refractivity contribution in [1.29, 1.82) is 0 Å². The molecule has 0 aromatic carbocycles. The standard InChI is InChI=1S/C14H28O13/c15-1-4(7(20)11(24)13(26)9(22)5(18)2-16)8(21)12(25)14(27)10(23)6(19)3-17/h1,4-14,16-27H,2-3H2/t4?,5-,6-,7?,8?,9-,10-,11+,12+,13+,14+/m1/s1. The fourth-order valence-electron chi connectivity index (χ4n) is 2.30. The van der Waals surface area contributed by atoms with Gasteiger partial charge in [-0.25, -0.2) is 0 Å². The monoisotopic (exact) mass is 404 g/mol. The Morgan fingerprint density at radius 3 is 0.963 bits per heavy atom. The highest BCUT2D eigenvalue weighted by Gasteiger charge is 2.44. The highest BCUT2D eigenvalue weighted by molar-refractivity contribution is 5.56. The Morgan fingerprint density at radius 1 is 0.481 bits per heavy atom. The predicted molar refractivity (Wildman–Crippen MR) is 83.8 cm³/mol. The minimum Gasteiger partial charge on any atom is -0.394 e. The lowest BCUT2D eigenvalue weighted by Gasteiger charge is -2.35. The molecule has 2 unspecified atom stereocenters. The van der Waals surface area contributed by atoms with Gasteiger partial charge in [0, 0.05) is 0 Å². The second-order valence-corrected chi connectivity index (χ2v) is 6.14. The molecule has 0 rings (SSSR count). The highest BCUT2D eigenvalue weighted by Crippen LogP contribution is 2.21. The van der Waals surface area contributed by atoms with E-state index < -0.39 is 80.2 Å². The number of aliphatic hydroxyl groups is 12. The van der Waals surface area contributed by atoms with Crippen LogP contribution in [-0.2, 0) is 4.79 Å². The summed E-state index contributed by atoms with van der Waals surface area (Å²) >= 11 is 0. The molecule has 0 amide bonds. The topological polar surface area (TPSA) is 260 Å². The van der Waals surface area contributed by atoms with E-state index in [9.17, 15) is 55.9 Å². The Kier molecular flexibility index (Phi) is 11.5. The fraction of sp³-hybridized carbons (Fsp3) is 0.929. The molecule has 0 aliphatic heterocycles. The Bertz CT molecular complexity index is 390. The Balaban J connectivity index is 5.23. The van der Waals surface area contributed by atoms with Gasteiger partial charge in [0.25, 0.3) is 0 Å². The van der Waals surface area contributed by atoms with E-state index >= 15 is 0 Å². The lowest BCUT2D eigenvalue weighted by molar-refractivity contribution is -0.180. The van der Waals surface area contributed by atoms with Crippen LogP contribution in [-0.4, -0.2) is 142 Å². The lowest BCUT2D eigenvalue weighted by Crippen LogP contribution is -2.57. The largest absolute Gasteiger partial charge is 0.394 e. The van der Waals surface area contributed by atoms with E-state index in [1.807, 2.05) is 0 Å². The first kappa shape index (κ1) is 26.2. The molecule has 0 aliphatic carbocycles. The number of carbonyl (C=O) groups is 1. The zero-order valence-corrected chi connectivity index (χ0v) is 14.1. The number of carbonyl (C=O) groups excluding carboxylic acids is 1. The second kappa shape index (κ2) is 11.9. The Morgan fingerprint density at radius 2 is 0.741 bits per heavy atom. The summed E-state index contributed by atoms with van der Waals surface area (Å²) in [6.07, 6.45) is -22.1. The summed E-state index contributed by atoms with van der Waals surface area (Å²) < 4.78 is 0. The normalized spacial score (nSPS) is 24.6. The van der Waals surface area contributed by atoms with Crippen LogP contribution in [0.4, 0.5) is 0 Å². The smallest absolute Gasteiger partial charge is 0.128 e. The molecule has 0 heterocycles. The summed E-state index contributed by atoms with van der Waals surface area (Å²) in [6, 6.07) is 0. The van der Waals surface area contributed by atoms with Crippen molar-refractivity contribution >= 4 is 6.29 Å². The fourth-order valence-corrected chi connectivity index (χ4v) is 2.30. The molecule has 0 saturated carbocycles. The van der Waals surface area contributed by atoms with Gasteiger partial charge < -0.3 is 66.1 Å². The SMILES string of the molecule is O=CC(C(O)[C@H](O)[C@@H](O)[C@H](O)[C@H](O)CO)C(O)[C@H](O)[C@@H](O)[C@H](O)[C@H](O)CO. The zero-order valence-electron chi connectivity index (χ0n) is 14.1. The van der Waals surface area contributed by atoms with Gasteiger partial charge in [-0.1, -0.05) is 0 Å². The Hall–Kier alpha value is -0.810. The molecule has 0 fully saturated rings. The third-order valence-electron chi connectivity index (χ3n) is 4.21. The van der Waals surface area contributed by atoms with Gasteiger partial charge >= 0.3 is 0 Å². The maximum Gasteiger partial charge on any atom is 0.128 e. The van der Waals surface area contributed by atoms with E-state index in [1.165, 1.54) is 0 Å². The summed E-state index contributed by atoms with van der Waals surface area (Å²) in [5.41, 5.74) is 0. The van der Waals surface area contributed by atoms with Gasteiger partial charge in [0.2, 0.25) is 0 Å². The maximum absolute atomic E-state index is 11.2. The van der Waals surface area contributed by atoms with E-state index in [1.54, 1.807) is 0 Å². The van der Waals surface area contributed by atoms with E-state index in [2.05, 4.69) is 0 Å². The summed E-state index contributed by atoms with van der Waals surface area (Å²) in [5.74, 6) is -2.06. The summed E-state index contributed by atoms with van der Waals surface area (Å²) in [6.45, 7) is -2.01. The van der Waals surface area contributed by atoms with Crippen LogP contribution in [0.5, 0.6) is 0 Å². The van der Waals surface area contributed by atoms with Crippen molar-refractivity contribution in [2.75, 3.05) is 13.2 Å². The molecule has 12 N–H and O–H groups in total. The molecule has 0 bridgehead atoms. The van der Waals surface area contributed by atoms with Crippen LogP contribution in [0.15, 0.2) is 0 Å². The minimum atomic E-state index is -2.34. The summed E-state index contributed by atoms with van der Waals surface area (Å²) in [4.78, 5) is 11.2. The molecular formula is C14H28O13. The van der Waals surface area contributed by atoms with Gasteiger partial charge in [-0.15, -0.1) is 0 Å². The van der Waals surface area contributed by atoms with Gasteiger partial charge in [0.15, 0.2) is 0 Å². The number of aldehydes is 1. The molecule has 13 heteroatoms. The van der Waals surface area contributed by atoms with Gasteiger partial charge in [0.05, 0.1) is 31.3 Å². The summed E-state index contributed by atoms with van der Waals surface area (Å²) in [7, 11) is 0. The molecule has 0 aromatic heterocycles. The number of hydrogen-bond donors (Lipinski definition) is 12. The third kappa shape index (κ3) is 6.63. The first-order valence-corrected chi connectivity index (χ1v) is 7.93. The Labute approximate surface area is 153 Å². The third-order valence-corrected chi connectivity index (χ3v) is 4.21. The highest BCUT2D eigenvalue weighted by atomic mass is 16.4. The minimum absolute atomic E-state index is 0.148. The first-order valence-electron chi connectivity index (χ1n) is 7.93. The number of rotatable bonds is 13. The molecule has 0 aliphatic rings. The molecular weight excluding hydrogens is 376 g/mol. The maximum atomic E-state index is 11.2. The summed E-state index contributed by atoms with van der Waals surface area (Å²) in [5, 5.41) is 114. The zero-order chi connectivity index (χ0) is 21.5.